The molecule has 1 N–H and O–H groups in total. The van der Waals surface area contributed by atoms with Crippen LogP contribution >= 0.6 is 0 Å². The summed E-state index contributed by atoms with van der Waals surface area (Å²) >= 11 is 0. The molecule has 0 fully saturated rings. The summed E-state index contributed by atoms with van der Waals surface area (Å²) in [4.78, 5) is 4.68. The molecule has 0 atom stereocenters. The van der Waals surface area contributed by atoms with Crippen molar-refractivity contribution in [1.29, 1.82) is 0 Å². The second-order valence-electron chi connectivity index (χ2n) is 4.91. The largest absolute Gasteiger partial charge is 0.383 e. The number of methoxy groups -OCH3 is 1. The fraction of sp³-hybridized carbons (Fsp3) is 0.235. The highest BCUT2D eigenvalue weighted by Gasteiger charge is 2.09. The van der Waals surface area contributed by atoms with Crippen LogP contribution in [0.1, 0.15) is 5.56 Å². The van der Waals surface area contributed by atoms with E-state index in [1.807, 2.05) is 36.4 Å². The molecule has 0 aliphatic heterocycles. The lowest BCUT2D eigenvalue weighted by Crippen LogP contribution is -2.10. The molecule has 108 valence electrons. The van der Waals surface area contributed by atoms with Gasteiger partial charge in [0.05, 0.1) is 17.6 Å². The summed E-state index contributed by atoms with van der Waals surface area (Å²) in [5.41, 5.74) is 3.37. The maximum Gasteiger partial charge on any atom is 0.204 e. The zero-order valence-corrected chi connectivity index (χ0v) is 12.1. The fourth-order valence-corrected chi connectivity index (χ4v) is 2.40. The minimum absolute atomic E-state index is 0.667. The van der Waals surface area contributed by atoms with Crippen molar-refractivity contribution in [3.8, 4) is 0 Å². The van der Waals surface area contributed by atoms with Gasteiger partial charge in [0.1, 0.15) is 0 Å². The van der Waals surface area contributed by atoms with Crippen LogP contribution in [-0.2, 0) is 17.8 Å². The molecular formula is C17H19N3O. The van der Waals surface area contributed by atoms with Gasteiger partial charge in [0.15, 0.2) is 0 Å². The van der Waals surface area contributed by atoms with Crippen LogP contribution in [0.4, 0.5) is 5.95 Å². The Kier molecular flexibility index (Phi) is 4.17. The van der Waals surface area contributed by atoms with E-state index in [4.69, 9.17) is 4.74 Å². The number of hydrogen-bond acceptors (Lipinski definition) is 3. The number of ether oxygens (including phenoxy) is 1. The van der Waals surface area contributed by atoms with Crippen molar-refractivity contribution in [2.24, 2.45) is 0 Å². The minimum Gasteiger partial charge on any atom is -0.383 e. The monoisotopic (exact) mass is 281 g/mol. The molecule has 3 rings (SSSR count). The van der Waals surface area contributed by atoms with Gasteiger partial charge in [-0.25, -0.2) is 4.98 Å². The van der Waals surface area contributed by atoms with Crippen LogP contribution in [0.15, 0.2) is 54.6 Å². The number of rotatable bonds is 6. The third-order valence-electron chi connectivity index (χ3n) is 3.47. The Balaban J connectivity index is 1.86. The van der Waals surface area contributed by atoms with Crippen molar-refractivity contribution < 1.29 is 4.74 Å². The summed E-state index contributed by atoms with van der Waals surface area (Å²) < 4.78 is 7.37. The third kappa shape index (κ3) is 3.06. The number of aromatic nitrogens is 2. The first kappa shape index (κ1) is 13.6. The van der Waals surface area contributed by atoms with Gasteiger partial charge in [0, 0.05) is 20.2 Å². The lowest BCUT2D eigenvalue weighted by molar-refractivity contribution is 0.188. The standard InChI is InChI=1S/C17H19N3O/c1-21-12-11-20-16-10-6-5-9-15(16)19-17(20)18-13-14-7-3-2-4-8-14/h2-10H,11-13H2,1H3,(H,18,19). The number of imidazole rings is 1. The maximum atomic E-state index is 5.21. The summed E-state index contributed by atoms with van der Waals surface area (Å²) in [5.74, 6) is 0.886. The second kappa shape index (κ2) is 6.41. The molecule has 0 aliphatic carbocycles. The Labute approximate surface area is 124 Å². The van der Waals surface area contributed by atoms with Crippen molar-refractivity contribution in [3.05, 3.63) is 60.2 Å². The molecule has 1 aromatic heterocycles. The lowest BCUT2D eigenvalue weighted by Gasteiger charge is -2.10. The van der Waals surface area contributed by atoms with Gasteiger partial charge in [0.2, 0.25) is 5.95 Å². The highest BCUT2D eigenvalue weighted by molar-refractivity contribution is 5.78. The van der Waals surface area contributed by atoms with Gasteiger partial charge < -0.3 is 14.6 Å². The Hall–Kier alpha value is -2.33. The molecule has 4 nitrogen and oxygen atoms in total. The number of hydrogen-bond donors (Lipinski definition) is 1. The molecule has 0 unspecified atom stereocenters. The topological polar surface area (TPSA) is 39.1 Å². The highest BCUT2D eigenvalue weighted by Crippen LogP contribution is 2.20. The van der Waals surface area contributed by atoms with E-state index in [0.717, 1.165) is 30.1 Å². The summed E-state index contributed by atoms with van der Waals surface area (Å²) in [6, 6.07) is 18.5. The van der Waals surface area contributed by atoms with Crippen LogP contribution in [0, 0.1) is 0 Å². The number of benzene rings is 2. The smallest absolute Gasteiger partial charge is 0.204 e. The molecule has 4 heteroatoms. The van der Waals surface area contributed by atoms with Gasteiger partial charge in [-0.15, -0.1) is 0 Å². The van der Waals surface area contributed by atoms with Crippen LogP contribution < -0.4 is 5.32 Å². The molecule has 3 aromatic rings. The summed E-state index contributed by atoms with van der Waals surface area (Å²) in [6.07, 6.45) is 0. The van der Waals surface area contributed by atoms with Crippen LogP contribution in [0.2, 0.25) is 0 Å². The zero-order valence-electron chi connectivity index (χ0n) is 12.1. The van der Waals surface area contributed by atoms with Crippen LogP contribution in [0.3, 0.4) is 0 Å². The number of nitrogens with zero attached hydrogens (tertiary/aromatic N) is 2. The Morgan fingerprint density at radius 3 is 2.62 bits per heavy atom. The first-order valence-corrected chi connectivity index (χ1v) is 7.10. The molecule has 0 bridgehead atoms. The first-order valence-electron chi connectivity index (χ1n) is 7.10. The van der Waals surface area contributed by atoms with E-state index >= 15 is 0 Å². The van der Waals surface area contributed by atoms with Gasteiger partial charge in [-0.2, -0.15) is 0 Å². The predicted octanol–water partition coefficient (Wildman–Crippen LogP) is 3.29. The van der Waals surface area contributed by atoms with E-state index in [1.165, 1.54) is 5.56 Å². The average Bonchev–Trinajstić information content (AvgIpc) is 2.89. The van der Waals surface area contributed by atoms with Crippen molar-refractivity contribution >= 4 is 17.0 Å². The predicted molar refractivity (Wildman–Crippen MR) is 85.4 cm³/mol. The van der Waals surface area contributed by atoms with Gasteiger partial charge in [-0.3, -0.25) is 0 Å². The molecule has 21 heavy (non-hydrogen) atoms. The van der Waals surface area contributed by atoms with E-state index in [-0.39, 0.29) is 0 Å². The Bertz CT molecular complexity index is 706. The van der Waals surface area contributed by atoms with Crippen LogP contribution in [0.5, 0.6) is 0 Å². The van der Waals surface area contributed by atoms with Crippen LogP contribution in [0.25, 0.3) is 11.0 Å². The summed E-state index contributed by atoms with van der Waals surface area (Å²) in [5, 5.41) is 3.42. The summed E-state index contributed by atoms with van der Waals surface area (Å²) in [7, 11) is 1.72. The van der Waals surface area contributed by atoms with Gasteiger partial charge in [-0.05, 0) is 17.7 Å². The molecule has 0 aliphatic rings. The summed E-state index contributed by atoms with van der Waals surface area (Å²) in [6.45, 7) is 2.21. The van der Waals surface area contributed by atoms with E-state index in [9.17, 15) is 0 Å². The zero-order chi connectivity index (χ0) is 14.5. The minimum atomic E-state index is 0.667. The van der Waals surface area contributed by atoms with Crippen molar-refractivity contribution in [1.82, 2.24) is 9.55 Å². The quantitative estimate of drug-likeness (QED) is 0.753. The normalized spacial score (nSPS) is 10.9. The molecule has 2 aromatic carbocycles. The molecule has 0 amide bonds. The lowest BCUT2D eigenvalue weighted by atomic mass is 10.2. The molecule has 0 spiro atoms. The van der Waals surface area contributed by atoms with Crippen molar-refractivity contribution in [3.63, 3.8) is 0 Å². The van der Waals surface area contributed by atoms with Crippen LogP contribution in [-0.4, -0.2) is 23.3 Å². The van der Waals surface area contributed by atoms with Gasteiger partial charge in [-0.1, -0.05) is 42.5 Å². The average molecular weight is 281 g/mol. The first-order chi connectivity index (χ1) is 10.4. The maximum absolute atomic E-state index is 5.21. The molecule has 0 radical (unpaired) electrons. The molecule has 0 saturated heterocycles. The van der Waals surface area contributed by atoms with Gasteiger partial charge >= 0.3 is 0 Å². The Morgan fingerprint density at radius 2 is 1.81 bits per heavy atom. The van der Waals surface area contributed by atoms with E-state index in [2.05, 4.69) is 33.1 Å². The Morgan fingerprint density at radius 1 is 1.05 bits per heavy atom. The highest BCUT2D eigenvalue weighted by atomic mass is 16.5. The second-order valence-corrected chi connectivity index (χ2v) is 4.91. The van der Waals surface area contributed by atoms with E-state index in [0.29, 0.717) is 6.61 Å². The number of para-hydroxylation sites is 2. The van der Waals surface area contributed by atoms with Crippen molar-refractivity contribution in [2.75, 3.05) is 19.0 Å². The molecule has 1 heterocycles. The third-order valence-corrected chi connectivity index (χ3v) is 3.47. The number of anilines is 1. The molecular weight excluding hydrogens is 262 g/mol. The fourth-order valence-electron chi connectivity index (χ4n) is 2.40. The van der Waals surface area contributed by atoms with Crippen molar-refractivity contribution in [2.45, 2.75) is 13.1 Å². The molecule has 0 saturated carbocycles. The number of fused-ring (bicyclic) bond motifs is 1. The SMILES string of the molecule is COCCn1c(NCc2ccccc2)nc2ccccc21. The van der Waals surface area contributed by atoms with E-state index < -0.39 is 0 Å². The van der Waals surface area contributed by atoms with Gasteiger partial charge in [0.25, 0.3) is 0 Å². The van der Waals surface area contributed by atoms with E-state index in [1.54, 1.807) is 7.11 Å². The number of nitrogens with one attached hydrogen (secondary N) is 1.